The highest BCUT2D eigenvalue weighted by Crippen LogP contribution is 2.33. The highest BCUT2D eigenvalue weighted by molar-refractivity contribution is 5.81. The van der Waals surface area contributed by atoms with E-state index < -0.39 is 55.5 Å². The summed E-state index contributed by atoms with van der Waals surface area (Å²) in [6, 6.07) is 0. The van der Waals surface area contributed by atoms with Crippen LogP contribution in [0.15, 0.2) is 38.0 Å². The Labute approximate surface area is 192 Å². The minimum atomic E-state index is -2.03. The van der Waals surface area contributed by atoms with Crippen molar-refractivity contribution >= 4 is 17.9 Å². The summed E-state index contributed by atoms with van der Waals surface area (Å²) in [5.41, 5.74) is -1.51. The fourth-order valence-electron chi connectivity index (χ4n) is 2.25. The molecule has 0 bridgehead atoms. The number of esters is 3. The molecule has 0 aromatic carbocycles. The largest absolute Gasteiger partial charge is 0.460 e. The third-order valence-electron chi connectivity index (χ3n) is 4.05. The molecule has 0 radical (unpaired) electrons. The van der Waals surface area contributed by atoms with E-state index in [2.05, 4.69) is 19.7 Å². The van der Waals surface area contributed by atoms with Crippen LogP contribution in [0.1, 0.15) is 6.42 Å². The van der Waals surface area contributed by atoms with Crippen LogP contribution in [0.3, 0.4) is 0 Å². The van der Waals surface area contributed by atoms with Crippen molar-refractivity contribution in [3.63, 3.8) is 0 Å². The first-order valence-corrected chi connectivity index (χ1v) is 9.88. The summed E-state index contributed by atoms with van der Waals surface area (Å²) in [6.07, 6.45) is 2.47. The number of aliphatic hydroxyl groups excluding tert-OH is 3. The van der Waals surface area contributed by atoms with Crippen LogP contribution in [-0.2, 0) is 42.8 Å². The van der Waals surface area contributed by atoms with Gasteiger partial charge in [-0.05, 0) is 0 Å². The van der Waals surface area contributed by atoms with Crippen molar-refractivity contribution in [3.05, 3.63) is 38.0 Å². The third kappa shape index (κ3) is 12.3. The summed E-state index contributed by atoms with van der Waals surface area (Å²) in [5.74, 6) is -4.13. The number of rotatable bonds is 20. The zero-order chi connectivity index (χ0) is 25.2. The fourth-order valence-corrected chi connectivity index (χ4v) is 2.25. The molecule has 0 aliphatic carbocycles. The van der Waals surface area contributed by atoms with Gasteiger partial charge in [-0.15, -0.1) is 0 Å². The van der Waals surface area contributed by atoms with Gasteiger partial charge < -0.3 is 43.7 Å². The summed E-state index contributed by atoms with van der Waals surface area (Å²) >= 11 is 0. The standard InChI is InChI=1S/C21H32O12/c1-4-17(25)28-7-10-31-21(13-20(14-22,15-23)16-24,32-11-8-29-18(26)5-2)33-12-9-30-19(27)6-3/h4-6,22-24H,1-3,7-16H2. The van der Waals surface area contributed by atoms with Gasteiger partial charge in [-0.1, -0.05) is 19.7 Å². The summed E-state index contributed by atoms with van der Waals surface area (Å²) in [6.45, 7) is 6.29. The van der Waals surface area contributed by atoms with Crippen LogP contribution in [0.4, 0.5) is 0 Å². The summed E-state index contributed by atoms with van der Waals surface area (Å²) in [4.78, 5) is 33.7. The maximum atomic E-state index is 11.2. The van der Waals surface area contributed by atoms with Gasteiger partial charge in [0.1, 0.15) is 19.8 Å². The van der Waals surface area contributed by atoms with Crippen molar-refractivity contribution in [1.29, 1.82) is 0 Å². The van der Waals surface area contributed by atoms with Crippen LogP contribution in [0.25, 0.3) is 0 Å². The Morgan fingerprint density at radius 2 is 0.909 bits per heavy atom. The van der Waals surface area contributed by atoms with E-state index >= 15 is 0 Å². The summed E-state index contributed by atoms with van der Waals surface area (Å²) in [7, 11) is 0. The zero-order valence-corrected chi connectivity index (χ0v) is 18.4. The normalized spacial score (nSPS) is 11.4. The molecule has 0 saturated carbocycles. The Balaban J connectivity index is 5.54. The molecule has 0 aromatic rings. The molecule has 12 heteroatoms. The van der Waals surface area contributed by atoms with Gasteiger partial charge in [-0.2, -0.15) is 0 Å². The zero-order valence-electron chi connectivity index (χ0n) is 18.4. The van der Waals surface area contributed by atoms with E-state index in [4.69, 9.17) is 28.4 Å². The molecule has 0 aliphatic heterocycles. The van der Waals surface area contributed by atoms with E-state index in [-0.39, 0.29) is 39.6 Å². The predicted molar refractivity (Wildman–Crippen MR) is 112 cm³/mol. The maximum absolute atomic E-state index is 11.2. The van der Waals surface area contributed by atoms with Crippen molar-refractivity contribution < 1.29 is 58.1 Å². The average molecular weight is 476 g/mol. The Bertz CT molecular complexity index is 564. The van der Waals surface area contributed by atoms with Gasteiger partial charge >= 0.3 is 17.9 Å². The number of carbonyl (C=O) groups excluding carboxylic acids is 3. The molecule has 0 aliphatic rings. The number of ether oxygens (including phenoxy) is 6. The van der Waals surface area contributed by atoms with E-state index in [1.54, 1.807) is 0 Å². The fraction of sp³-hybridized carbons (Fsp3) is 0.571. The molecule has 0 aromatic heterocycles. The lowest BCUT2D eigenvalue weighted by molar-refractivity contribution is -0.398. The van der Waals surface area contributed by atoms with Crippen LogP contribution in [0, 0.1) is 5.41 Å². The molecule has 3 N–H and O–H groups in total. The van der Waals surface area contributed by atoms with E-state index in [1.807, 2.05) is 0 Å². The number of aliphatic hydroxyl groups is 3. The molecule has 0 spiro atoms. The number of hydrogen-bond acceptors (Lipinski definition) is 12. The van der Waals surface area contributed by atoms with Gasteiger partial charge in [0.25, 0.3) is 5.97 Å². The first-order valence-electron chi connectivity index (χ1n) is 9.88. The highest BCUT2D eigenvalue weighted by atomic mass is 16.9. The molecule has 0 amide bonds. The molecule has 0 unspecified atom stereocenters. The molecule has 0 fully saturated rings. The Kier molecular flexibility index (Phi) is 15.6. The van der Waals surface area contributed by atoms with Gasteiger partial charge in [-0.25, -0.2) is 14.4 Å². The molecule has 0 rings (SSSR count). The highest BCUT2D eigenvalue weighted by Gasteiger charge is 2.44. The Morgan fingerprint density at radius 3 is 1.15 bits per heavy atom. The van der Waals surface area contributed by atoms with E-state index in [0.29, 0.717) is 0 Å². The van der Waals surface area contributed by atoms with Crippen LogP contribution in [0.2, 0.25) is 0 Å². The second-order valence-corrected chi connectivity index (χ2v) is 6.49. The van der Waals surface area contributed by atoms with Gasteiger partial charge in [0.15, 0.2) is 0 Å². The Morgan fingerprint density at radius 1 is 0.606 bits per heavy atom. The van der Waals surface area contributed by atoms with Crippen molar-refractivity contribution in [3.8, 4) is 0 Å². The predicted octanol–water partition coefficient (Wildman–Crippen LogP) is -0.769. The van der Waals surface area contributed by atoms with Gasteiger partial charge in [0.05, 0.1) is 39.6 Å². The molecule has 188 valence electrons. The minimum Gasteiger partial charge on any atom is -0.460 e. The lowest BCUT2D eigenvalue weighted by atomic mass is 9.86. The maximum Gasteiger partial charge on any atom is 0.330 e. The first-order chi connectivity index (χ1) is 15.8. The quantitative estimate of drug-likeness (QED) is 0.0661. The summed E-state index contributed by atoms with van der Waals surface area (Å²) < 4.78 is 31.4. The smallest absolute Gasteiger partial charge is 0.330 e. The van der Waals surface area contributed by atoms with Crippen LogP contribution in [0.5, 0.6) is 0 Å². The third-order valence-corrected chi connectivity index (χ3v) is 4.05. The van der Waals surface area contributed by atoms with Crippen molar-refractivity contribution in [2.24, 2.45) is 5.41 Å². The average Bonchev–Trinajstić information content (AvgIpc) is 2.85. The number of hydrogen-bond donors (Lipinski definition) is 3. The molecular weight excluding hydrogens is 444 g/mol. The van der Waals surface area contributed by atoms with E-state index in [1.165, 1.54) is 0 Å². The van der Waals surface area contributed by atoms with E-state index in [0.717, 1.165) is 18.2 Å². The SMILES string of the molecule is C=CC(=O)OCCOC(CC(CO)(CO)CO)(OCCOC(=O)C=C)OCCOC(=O)C=C. The first kappa shape index (κ1) is 30.4. The lowest BCUT2D eigenvalue weighted by Gasteiger charge is -2.39. The molecular formula is C21H32O12. The second-order valence-electron chi connectivity index (χ2n) is 6.49. The molecule has 0 heterocycles. The monoisotopic (exact) mass is 476 g/mol. The molecule has 0 atom stereocenters. The second kappa shape index (κ2) is 16.9. The lowest BCUT2D eigenvalue weighted by Crippen LogP contribution is -2.50. The van der Waals surface area contributed by atoms with Crippen molar-refractivity contribution in [2.75, 3.05) is 59.5 Å². The van der Waals surface area contributed by atoms with Crippen molar-refractivity contribution in [2.45, 2.75) is 12.4 Å². The number of carbonyl (C=O) groups is 3. The van der Waals surface area contributed by atoms with Crippen LogP contribution < -0.4 is 0 Å². The molecule has 33 heavy (non-hydrogen) atoms. The van der Waals surface area contributed by atoms with Gasteiger partial charge in [0, 0.05) is 30.1 Å². The van der Waals surface area contributed by atoms with Gasteiger partial charge in [0.2, 0.25) is 0 Å². The van der Waals surface area contributed by atoms with Crippen LogP contribution >= 0.6 is 0 Å². The molecule has 0 saturated heterocycles. The van der Waals surface area contributed by atoms with Crippen LogP contribution in [-0.4, -0.2) is 98.7 Å². The van der Waals surface area contributed by atoms with Gasteiger partial charge in [-0.3, -0.25) is 0 Å². The van der Waals surface area contributed by atoms with Crippen molar-refractivity contribution in [1.82, 2.24) is 0 Å². The topological polar surface area (TPSA) is 167 Å². The molecule has 12 nitrogen and oxygen atoms in total. The Hall–Kier alpha value is -2.61. The minimum absolute atomic E-state index is 0.236. The summed E-state index contributed by atoms with van der Waals surface area (Å²) in [5, 5.41) is 29.2. The van der Waals surface area contributed by atoms with E-state index in [9.17, 15) is 29.7 Å².